The Morgan fingerprint density at radius 2 is 2.29 bits per heavy atom. The van der Waals surface area contributed by atoms with Crippen molar-refractivity contribution >= 4 is 5.69 Å². The molecule has 90 valence electrons. The molecule has 2 N–H and O–H groups in total. The van der Waals surface area contributed by atoms with Crippen LogP contribution < -0.4 is 10.6 Å². The van der Waals surface area contributed by atoms with E-state index >= 15 is 0 Å². The van der Waals surface area contributed by atoms with Crippen LogP contribution in [0, 0.1) is 23.1 Å². The molecule has 17 heavy (non-hydrogen) atoms. The SMILES string of the molecule is CC1CN(c2ccc(F)cc2C#N)CCC1N. The molecule has 2 atom stereocenters. The van der Waals surface area contributed by atoms with Crippen molar-refractivity contribution in [2.75, 3.05) is 18.0 Å². The molecule has 1 aromatic carbocycles. The van der Waals surface area contributed by atoms with Crippen LogP contribution in [0.25, 0.3) is 0 Å². The molecule has 1 aliphatic heterocycles. The highest BCUT2D eigenvalue weighted by molar-refractivity contribution is 5.59. The summed E-state index contributed by atoms with van der Waals surface area (Å²) in [5.74, 6) is 0.0207. The van der Waals surface area contributed by atoms with Gasteiger partial charge in [-0.25, -0.2) is 4.39 Å². The second kappa shape index (κ2) is 4.72. The maximum absolute atomic E-state index is 13.1. The lowest BCUT2D eigenvalue weighted by atomic mass is 9.94. The van der Waals surface area contributed by atoms with Crippen molar-refractivity contribution < 1.29 is 4.39 Å². The zero-order valence-electron chi connectivity index (χ0n) is 9.86. The number of rotatable bonds is 1. The minimum Gasteiger partial charge on any atom is -0.370 e. The molecule has 1 aromatic rings. The standard InChI is InChI=1S/C13H16FN3/c1-9-8-17(5-4-12(9)16)13-3-2-11(14)6-10(13)7-15/h2-3,6,9,12H,4-5,8,16H2,1H3. The first-order valence-electron chi connectivity index (χ1n) is 5.82. The molecule has 0 amide bonds. The monoisotopic (exact) mass is 233 g/mol. The summed E-state index contributed by atoms with van der Waals surface area (Å²) in [6.07, 6.45) is 0.906. The number of piperidine rings is 1. The molecule has 0 radical (unpaired) electrons. The number of nitrogens with zero attached hydrogens (tertiary/aromatic N) is 2. The van der Waals surface area contributed by atoms with Crippen molar-refractivity contribution in [1.29, 1.82) is 5.26 Å². The number of halogens is 1. The van der Waals surface area contributed by atoms with Gasteiger partial charge >= 0.3 is 0 Å². The Hall–Kier alpha value is -1.60. The van der Waals surface area contributed by atoms with E-state index in [-0.39, 0.29) is 11.9 Å². The van der Waals surface area contributed by atoms with E-state index in [9.17, 15) is 4.39 Å². The predicted molar refractivity (Wildman–Crippen MR) is 65.1 cm³/mol. The molecule has 1 fully saturated rings. The van der Waals surface area contributed by atoms with Gasteiger partial charge < -0.3 is 10.6 Å². The highest BCUT2D eigenvalue weighted by atomic mass is 19.1. The van der Waals surface area contributed by atoms with E-state index in [1.807, 2.05) is 6.07 Å². The number of benzene rings is 1. The van der Waals surface area contributed by atoms with Crippen LogP contribution in [0.4, 0.5) is 10.1 Å². The fourth-order valence-corrected chi connectivity index (χ4v) is 2.26. The van der Waals surface area contributed by atoms with Crippen molar-refractivity contribution in [2.45, 2.75) is 19.4 Å². The van der Waals surface area contributed by atoms with Crippen molar-refractivity contribution in [3.8, 4) is 6.07 Å². The quantitative estimate of drug-likeness (QED) is 0.805. The van der Waals surface area contributed by atoms with Crippen LogP contribution in [-0.2, 0) is 0 Å². The van der Waals surface area contributed by atoms with Gasteiger partial charge in [0.15, 0.2) is 0 Å². The Labute approximate surface area is 101 Å². The van der Waals surface area contributed by atoms with Gasteiger partial charge in [-0.3, -0.25) is 0 Å². The molecule has 3 nitrogen and oxygen atoms in total. The van der Waals surface area contributed by atoms with E-state index in [4.69, 9.17) is 11.0 Å². The summed E-state index contributed by atoms with van der Waals surface area (Å²) in [6, 6.07) is 6.63. The molecule has 0 saturated carbocycles. The molecule has 1 aliphatic rings. The summed E-state index contributed by atoms with van der Waals surface area (Å²) >= 11 is 0. The maximum Gasteiger partial charge on any atom is 0.124 e. The van der Waals surface area contributed by atoms with Crippen molar-refractivity contribution in [1.82, 2.24) is 0 Å². The van der Waals surface area contributed by atoms with Crippen molar-refractivity contribution in [2.24, 2.45) is 11.7 Å². The molecule has 1 saturated heterocycles. The number of nitriles is 1. The van der Waals surface area contributed by atoms with E-state index in [0.29, 0.717) is 11.5 Å². The summed E-state index contributed by atoms with van der Waals surface area (Å²) in [4.78, 5) is 2.12. The molecule has 4 heteroatoms. The third-order valence-electron chi connectivity index (χ3n) is 3.39. The fraction of sp³-hybridized carbons (Fsp3) is 0.462. The first-order valence-corrected chi connectivity index (χ1v) is 5.82. The maximum atomic E-state index is 13.1. The Morgan fingerprint density at radius 1 is 1.53 bits per heavy atom. The first-order chi connectivity index (χ1) is 8.11. The van der Waals surface area contributed by atoms with E-state index in [2.05, 4.69) is 11.8 Å². The third kappa shape index (κ3) is 2.40. The molecule has 0 spiro atoms. The van der Waals surface area contributed by atoms with Crippen LogP contribution in [-0.4, -0.2) is 19.1 Å². The van der Waals surface area contributed by atoms with Gasteiger partial charge in [-0.1, -0.05) is 6.92 Å². The lowest BCUT2D eigenvalue weighted by molar-refractivity contribution is 0.383. The van der Waals surface area contributed by atoms with Gasteiger partial charge in [-0.15, -0.1) is 0 Å². The second-order valence-electron chi connectivity index (χ2n) is 4.65. The molecule has 1 heterocycles. The summed E-state index contributed by atoms with van der Waals surface area (Å²) in [7, 11) is 0. The zero-order chi connectivity index (χ0) is 12.4. The number of anilines is 1. The first kappa shape index (κ1) is 11.9. The van der Waals surface area contributed by atoms with Gasteiger partial charge in [0.25, 0.3) is 0 Å². The summed E-state index contributed by atoms with van der Waals surface area (Å²) in [5, 5.41) is 9.02. The smallest absolute Gasteiger partial charge is 0.124 e. The number of nitrogens with two attached hydrogens (primary N) is 1. The van der Waals surface area contributed by atoms with Crippen molar-refractivity contribution in [3.63, 3.8) is 0 Å². The largest absolute Gasteiger partial charge is 0.370 e. The molecule has 0 bridgehead atoms. The van der Waals surface area contributed by atoms with Crippen LogP contribution in [0.2, 0.25) is 0 Å². The van der Waals surface area contributed by atoms with E-state index in [1.54, 1.807) is 6.07 Å². The highest BCUT2D eigenvalue weighted by Gasteiger charge is 2.24. The average Bonchev–Trinajstić information content (AvgIpc) is 2.32. The Morgan fingerprint density at radius 3 is 2.94 bits per heavy atom. The minimum atomic E-state index is -0.368. The normalized spacial score (nSPS) is 24.5. The average molecular weight is 233 g/mol. The third-order valence-corrected chi connectivity index (χ3v) is 3.39. The molecule has 2 unspecified atom stereocenters. The molecular weight excluding hydrogens is 217 g/mol. The van der Waals surface area contributed by atoms with Crippen molar-refractivity contribution in [3.05, 3.63) is 29.6 Å². The molecule has 0 aromatic heterocycles. The van der Waals surface area contributed by atoms with E-state index in [0.717, 1.165) is 25.2 Å². The van der Waals surface area contributed by atoms with Gasteiger partial charge in [0.2, 0.25) is 0 Å². The van der Waals surface area contributed by atoms with Crippen LogP contribution in [0.5, 0.6) is 0 Å². The number of hydrogen-bond donors (Lipinski definition) is 1. The molecular formula is C13H16FN3. The Balaban J connectivity index is 2.26. The van der Waals surface area contributed by atoms with E-state index < -0.39 is 0 Å². The molecule has 0 aliphatic carbocycles. The zero-order valence-corrected chi connectivity index (χ0v) is 9.86. The van der Waals surface area contributed by atoms with Gasteiger partial charge in [-0.05, 0) is 30.5 Å². The lowest BCUT2D eigenvalue weighted by Gasteiger charge is -2.37. The summed E-state index contributed by atoms with van der Waals surface area (Å²) in [5.41, 5.74) is 7.17. The van der Waals surface area contributed by atoms with Gasteiger partial charge in [-0.2, -0.15) is 5.26 Å². The lowest BCUT2D eigenvalue weighted by Crippen LogP contribution is -2.46. The topological polar surface area (TPSA) is 53.0 Å². The summed E-state index contributed by atoms with van der Waals surface area (Å²) in [6.45, 7) is 3.75. The summed E-state index contributed by atoms with van der Waals surface area (Å²) < 4.78 is 13.1. The highest BCUT2D eigenvalue weighted by Crippen LogP contribution is 2.26. The van der Waals surface area contributed by atoms with Crippen LogP contribution >= 0.6 is 0 Å². The van der Waals surface area contributed by atoms with Gasteiger partial charge in [0, 0.05) is 19.1 Å². The Kier molecular flexibility index (Phi) is 3.30. The predicted octanol–water partition coefficient (Wildman–Crippen LogP) is 1.87. The fourth-order valence-electron chi connectivity index (χ4n) is 2.26. The van der Waals surface area contributed by atoms with Crippen LogP contribution in [0.15, 0.2) is 18.2 Å². The minimum absolute atomic E-state index is 0.220. The number of hydrogen-bond acceptors (Lipinski definition) is 3. The van der Waals surface area contributed by atoms with Crippen LogP contribution in [0.3, 0.4) is 0 Å². The van der Waals surface area contributed by atoms with Gasteiger partial charge in [0.05, 0.1) is 11.3 Å². The van der Waals surface area contributed by atoms with E-state index in [1.165, 1.54) is 12.1 Å². The Bertz CT molecular complexity index is 452. The van der Waals surface area contributed by atoms with Crippen LogP contribution in [0.1, 0.15) is 18.9 Å². The molecule has 2 rings (SSSR count). The second-order valence-corrected chi connectivity index (χ2v) is 4.65. The van der Waals surface area contributed by atoms with Gasteiger partial charge in [0.1, 0.15) is 11.9 Å².